The van der Waals surface area contributed by atoms with E-state index in [1.165, 1.54) is 17.8 Å². The summed E-state index contributed by atoms with van der Waals surface area (Å²) in [5, 5.41) is 11.4. The summed E-state index contributed by atoms with van der Waals surface area (Å²) in [6, 6.07) is 8.53. The second-order valence-corrected chi connectivity index (χ2v) is 9.51. The molecule has 37 heavy (non-hydrogen) atoms. The van der Waals surface area contributed by atoms with Crippen LogP contribution in [-0.2, 0) is 6.54 Å². The van der Waals surface area contributed by atoms with Crippen LogP contribution in [0.4, 0.5) is 5.69 Å². The van der Waals surface area contributed by atoms with E-state index in [2.05, 4.69) is 9.55 Å². The molecule has 1 aliphatic heterocycles. The van der Waals surface area contributed by atoms with Crippen LogP contribution in [0.25, 0.3) is 0 Å². The molecule has 1 fully saturated rings. The molecule has 0 spiro atoms. The van der Waals surface area contributed by atoms with Gasteiger partial charge in [-0.15, -0.1) is 11.8 Å². The molecule has 2 heterocycles. The molecule has 4 rings (SSSR count). The van der Waals surface area contributed by atoms with E-state index >= 15 is 0 Å². The maximum absolute atomic E-state index is 13.1. The quantitative estimate of drug-likeness (QED) is 0.226. The lowest BCUT2D eigenvalue weighted by molar-refractivity contribution is -0.387. The third-order valence-electron chi connectivity index (χ3n) is 6.59. The Hall–Kier alpha value is -3.73. The van der Waals surface area contributed by atoms with Gasteiger partial charge in [-0.1, -0.05) is 0 Å². The summed E-state index contributed by atoms with van der Waals surface area (Å²) >= 11 is 1.29. The fourth-order valence-corrected chi connectivity index (χ4v) is 5.27. The van der Waals surface area contributed by atoms with Gasteiger partial charge in [0.15, 0.2) is 11.5 Å². The van der Waals surface area contributed by atoms with Crippen LogP contribution in [0.3, 0.4) is 0 Å². The third-order valence-corrected chi connectivity index (χ3v) is 7.38. The molecule has 196 valence electrons. The Morgan fingerprint density at radius 3 is 2.35 bits per heavy atom. The fourth-order valence-electron chi connectivity index (χ4n) is 4.73. The molecular formula is C26H30N4O6S. The number of amides is 1. The Labute approximate surface area is 219 Å². The van der Waals surface area contributed by atoms with Crippen LogP contribution in [0.1, 0.15) is 40.5 Å². The molecule has 0 aliphatic carbocycles. The number of carbonyl (C=O) groups excluding carboxylic acids is 1. The summed E-state index contributed by atoms with van der Waals surface area (Å²) < 4.78 is 18.5. The molecule has 0 bridgehead atoms. The number of imidazole rings is 1. The molecule has 0 atom stereocenters. The van der Waals surface area contributed by atoms with Crippen molar-refractivity contribution < 1.29 is 23.9 Å². The van der Waals surface area contributed by atoms with E-state index in [0.29, 0.717) is 47.3 Å². The predicted octanol–water partition coefficient (Wildman–Crippen LogP) is 4.61. The van der Waals surface area contributed by atoms with E-state index in [0.717, 1.165) is 24.2 Å². The van der Waals surface area contributed by atoms with Crippen molar-refractivity contribution in [2.24, 2.45) is 0 Å². The first-order valence-electron chi connectivity index (χ1n) is 11.8. The number of benzene rings is 2. The minimum atomic E-state index is -0.442. The fraction of sp³-hybridized carbons (Fsp3) is 0.385. The van der Waals surface area contributed by atoms with Gasteiger partial charge in [0.25, 0.3) is 11.6 Å². The van der Waals surface area contributed by atoms with Crippen LogP contribution < -0.4 is 14.2 Å². The van der Waals surface area contributed by atoms with E-state index in [-0.39, 0.29) is 17.5 Å². The van der Waals surface area contributed by atoms with Gasteiger partial charge >= 0.3 is 0 Å². The first-order chi connectivity index (χ1) is 17.9. The minimum absolute atomic E-state index is 0.0398. The van der Waals surface area contributed by atoms with E-state index in [4.69, 9.17) is 14.2 Å². The van der Waals surface area contributed by atoms with Crippen LogP contribution in [0.2, 0.25) is 0 Å². The number of rotatable bonds is 9. The molecule has 2 aromatic carbocycles. The van der Waals surface area contributed by atoms with Crippen molar-refractivity contribution in [1.82, 2.24) is 14.5 Å². The smallest absolute Gasteiger partial charge is 0.283 e. The molecule has 11 heteroatoms. The highest BCUT2D eigenvalue weighted by molar-refractivity contribution is 7.98. The summed E-state index contributed by atoms with van der Waals surface area (Å²) in [6.07, 6.45) is 7.02. The van der Waals surface area contributed by atoms with Gasteiger partial charge in [-0.2, -0.15) is 0 Å². The lowest BCUT2D eigenvalue weighted by atomic mass is 9.95. The van der Waals surface area contributed by atoms with Crippen molar-refractivity contribution in [3.05, 3.63) is 69.8 Å². The topological polar surface area (TPSA) is 109 Å². The summed E-state index contributed by atoms with van der Waals surface area (Å²) in [4.78, 5) is 31.0. The van der Waals surface area contributed by atoms with Crippen LogP contribution in [0.5, 0.6) is 17.2 Å². The zero-order valence-electron chi connectivity index (χ0n) is 21.3. The second-order valence-electron chi connectivity index (χ2n) is 8.66. The van der Waals surface area contributed by atoms with Crippen LogP contribution in [-0.4, -0.2) is 66.0 Å². The van der Waals surface area contributed by atoms with Crippen molar-refractivity contribution in [2.75, 3.05) is 40.7 Å². The van der Waals surface area contributed by atoms with Gasteiger partial charge in [0.05, 0.1) is 31.1 Å². The van der Waals surface area contributed by atoms with Gasteiger partial charge < -0.3 is 23.7 Å². The molecule has 10 nitrogen and oxygen atoms in total. The van der Waals surface area contributed by atoms with E-state index in [9.17, 15) is 14.9 Å². The highest BCUT2D eigenvalue weighted by Gasteiger charge is 2.28. The first-order valence-corrected chi connectivity index (χ1v) is 13.0. The number of carbonyl (C=O) groups is 1. The predicted molar refractivity (Wildman–Crippen MR) is 140 cm³/mol. The van der Waals surface area contributed by atoms with Gasteiger partial charge in [0.1, 0.15) is 5.82 Å². The number of methoxy groups -OCH3 is 3. The number of aromatic nitrogens is 2. The minimum Gasteiger partial charge on any atom is -0.493 e. The van der Waals surface area contributed by atoms with E-state index < -0.39 is 4.92 Å². The van der Waals surface area contributed by atoms with Gasteiger partial charge in [0.2, 0.25) is 5.75 Å². The summed E-state index contributed by atoms with van der Waals surface area (Å²) in [5.41, 5.74) is 1.28. The normalized spacial score (nSPS) is 13.9. The summed E-state index contributed by atoms with van der Waals surface area (Å²) in [6.45, 7) is 1.69. The van der Waals surface area contributed by atoms with Gasteiger partial charge in [-0.3, -0.25) is 14.9 Å². The number of likely N-dealkylation sites (tertiary alicyclic amines) is 1. The lowest BCUT2D eigenvalue weighted by Crippen LogP contribution is -2.38. The average Bonchev–Trinajstić information content (AvgIpc) is 3.39. The molecule has 1 aliphatic rings. The molecule has 0 unspecified atom stereocenters. The van der Waals surface area contributed by atoms with Crippen molar-refractivity contribution in [3.8, 4) is 17.2 Å². The second kappa shape index (κ2) is 11.5. The van der Waals surface area contributed by atoms with Crippen molar-refractivity contribution in [1.29, 1.82) is 0 Å². The monoisotopic (exact) mass is 526 g/mol. The molecule has 1 aromatic heterocycles. The maximum Gasteiger partial charge on any atom is 0.283 e. The van der Waals surface area contributed by atoms with E-state index in [1.807, 2.05) is 18.3 Å². The SMILES string of the molecule is COc1cc(Cn2ccnc2C2CCN(C(=O)c3ccc(SC)c([N+](=O)[O-])c3)CC2)cc(OC)c1OC. The Kier molecular flexibility index (Phi) is 8.22. The number of hydrogen-bond donors (Lipinski definition) is 0. The van der Waals surface area contributed by atoms with Gasteiger partial charge in [0, 0.05) is 49.6 Å². The van der Waals surface area contributed by atoms with Crippen LogP contribution in [0.15, 0.2) is 47.6 Å². The number of nitrogens with zero attached hydrogens (tertiary/aromatic N) is 4. The highest BCUT2D eigenvalue weighted by Crippen LogP contribution is 2.39. The third kappa shape index (κ3) is 5.51. The molecule has 0 radical (unpaired) electrons. The number of piperidine rings is 1. The highest BCUT2D eigenvalue weighted by atomic mass is 32.2. The zero-order chi connectivity index (χ0) is 26.5. The lowest BCUT2D eigenvalue weighted by Gasteiger charge is -2.32. The zero-order valence-corrected chi connectivity index (χ0v) is 22.1. The Morgan fingerprint density at radius 2 is 1.78 bits per heavy atom. The summed E-state index contributed by atoms with van der Waals surface area (Å²) in [7, 11) is 4.76. The van der Waals surface area contributed by atoms with Crippen LogP contribution >= 0.6 is 11.8 Å². The molecule has 1 saturated heterocycles. The standard InChI is InChI=1S/C26H30N4O6S/c1-34-21-13-17(14-22(35-2)24(21)36-3)16-29-12-9-27-25(29)18-7-10-28(11-8-18)26(31)19-5-6-23(37-4)20(15-19)30(32)33/h5-6,9,12-15,18H,7-8,10-11,16H2,1-4H3. The molecule has 1 amide bonds. The Balaban J connectivity index is 1.46. The molecule has 0 saturated carbocycles. The number of nitro groups is 1. The van der Waals surface area contributed by atoms with Crippen molar-refractivity contribution >= 4 is 23.4 Å². The number of nitro benzene ring substituents is 1. The number of ether oxygens (including phenoxy) is 3. The van der Waals surface area contributed by atoms with Gasteiger partial charge in [-0.05, 0) is 48.9 Å². The molecule has 3 aromatic rings. The Bertz CT molecular complexity index is 1260. The largest absolute Gasteiger partial charge is 0.493 e. The van der Waals surface area contributed by atoms with Gasteiger partial charge in [-0.25, -0.2) is 4.98 Å². The number of thioether (sulfide) groups is 1. The molecule has 0 N–H and O–H groups in total. The maximum atomic E-state index is 13.1. The van der Waals surface area contributed by atoms with E-state index in [1.54, 1.807) is 50.8 Å². The summed E-state index contributed by atoms with van der Waals surface area (Å²) in [5.74, 6) is 2.70. The Morgan fingerprint density at radius 1 is 1.11 bits per heavy atom. The van der Waals surface area contributed by atoms with Crippen molar-refractivity contribution in [3.63, 3.8) is 0 Å². The van der Waals surface area contributed by atoms with Crippen molar-refractivity contribution in [2.45, 2.75) is 30.2 Å². The first kappa shape index (κ1) is 26.3. The number of hydrogen-bond acceptors (Lipinski definition) is 8. The van der Waals surface area contributed by atoms with Crippen LogP contribution in [0, 0.1) is 10.1 Å². The molecular weight excluding hydrogens is 496 g/mol. The average molecular weight is 527 g/mol.